The first-order valence-electron chi connectivity index (χ1n) is 8.52. The van der Waals surface area contributed by atoms with E-state index in [1.807, 2.05) is 0 Å². The van der Waals surface area contributed by atoms with Gasteiger partial charge in [0, 0.05) is 5.56 Å². The van der Waals surface area contributed by atoms with E-state index in [1.54, 1.807) is 48.5 Å². The van der Waals surface area contributed by atoms with E-state index in [1.165, 1.54) is 0 Å². The Kier molecular flexibility index (Phi) is 5.79. The van der Waals surface area contributed by atoms with E-state index in [9.17, 15) is 9.59 Å². The fourth-order valence-electron chi connectivity index (χ4n) is 2.18. The predicted molar refractivity (Wildman–Crippen MR) is 99.9 cm³/mol. The number of imide groups is 1. The van der Waals surface area contributed by atoms with Gasteiger partial charge in [0.25, 0.3) is 5.88 Å². The van der Waals surface area contributed by atoms with E-state index in [4.69, 9.17) is 30.5 Å². The van der Waals surface area contributed by atoms with Gasteiger partial charge in [-0.15, -0.1) is 0 Å². The minimum absolute atomic E-state index is 0.0345. The molecule has 0 N–H and O–H groups in total. The molecule has 0 saturated carbocycles. The molecule has 1 aliphatic heterocycles. The number of pyridine rings is 1. The van der Waals surface area contributed by atoms with Crippen LogP contribution in [0, 0.1) is 6.92 Å². The van der Waals surface area contributed by atoms with Gasteiger partial charge in [-0.2, -0.15) is 9.88 Å². The maximum Gasteiger partial charge on any atom is 0.425 e. The van der Waals surface area contributed by atoms with Crippen molar-refractivity contribution < 1.29 is 28.5 Å². The summed E-state index contributed by atoms with van der Waals surface area (Å²) in [6, 6.07) is 0. The molecular formula is C18H25ClN2O6. The number of fused-ring (bicyclic) bond motifs is 1. The van der Waals surface area contributed by atoms with Crippen molar-refractivity contribution in [2.75, 3.05) is 18.1 Å². The van der Waals surface area contributed by atoms with E-state index >= 15 is 0 Å². The number of hydrogen-bond acceptors (Lipinski definition) is 7. The first-order valence-corrected chi connectivity index (χ1v) is 8.90. The van der Waals surface area contributed by atoms with Gasteiger partial charge in [-0.05, 0) is 48.5 Å². The number of nitrogens with zero attached hydrogens (tertiary/aromatic N) is 2. The van der Waals surface area contributed by atoms with E-state index in [0.29, 0.717) is 12.2 Å². The molecule has 0 atom stereocenters. The average molecular weight is 401 g/mol. The molecule has 0 aromatic carbocycles. The highest BCUT2D eigenvalue weighted by molar-refractivity contribution is 6.33. The van der Waals surface area contributed by atoms with E-state index in [0.717, 1.165) is 4.90 Å². The molecule has 0 spiro atoms. The van der Waals surface area contributed by atoms with Gasteiger partial charge < -0.3 is 18.9 Å². The summed E-state index contributed by atoms with van der Waals surface area (Å²) < 4.78 is 21.7. The summed E-state index contributed by atoms with van der Waals surface area (Å²) in [5.41, 5.74) is -1.30. The third-order valence-electron chi connectivity index (χ3n) is 3.20. The largest absolute Gasteiger partial charge is 0.483 e. The minimum atomic E-state index is -0.930. The molecule has 2 rings (SSSR count). The van der Waals surface area contributed by atoms with E-state index in [-0.39, 0.29) is 29.1 Å². The van der Waals surface area contributed by atoms with Gasteiger partial charge >= 0.3 is 12.2 Å². The van der Waals surface area contributed by atoms with Crippen LogP contribution in [0.15, 0.2) is 0 Å². The van der Waals surface area contributed by atoms with Crippen molar-refractivity contribution in [2.24, 2.45) is 0 Å². The van der Waals surface area contributed by atoms with Crippen molar-refractivity contribution in [1.29, 1.82) is 0 Å². The summed E-state index contributed by atoms with van der Waals surface area (Å²) in [4.78, 5) is 30.5. The molecule has 9 heteroatoms. The monoisotopic (exact) mass is 400 g/mol. The van der Waals surface area contributed by atoms with Crippen LogP contribution >= 0.6 is 11.6 Å². The Morgan fingerprint density at radius 2 is 1.48 bits per heavy atom. The summed E-state index contributed by atoms with van der Waals surface area (Å²) in [5, 5.41) is 0.201. The molecule has 8 nitrogen and oxygen atoms in total. The van der Waals surface area contributed by atoms with Gasteiger partial charge in [-0.1, -0.05) is 11.6 Å². The van der Waals surface area contributed by atoms with Crippen LogP contribution in [0.1, 0.15) is 47.1 Å². The van der Waals surface area contributed by atoms with Crippen molar-refractivity contribution in [3.8, 4) is 11.6 Å². The molecule has 2 heterocycles. The lowest BCUT2D eigenvalue weighted by atomic mass is 10.2. The second-order valence-electron chi connectivity index (χ2n) is 8.00. The first kappa shape index (κ1) is 21.1. The van der Waals surface area contributed by atoms with Gasteiger partial charge in [0.1, 0.15) is 24.4 Å². The maximum absolute atomic E-state index is 12.8. The number of carbonyl (C=O) groups is 2. The van der Waals surface area contributed by atoms with Gasteiger partial charge in [0.15, 0.2) is 5.82 Å². The summed E-state index contributed by atoms with van der Waals surface area (Å²) in [6.07, 6.45) is -1.86. The second-order valence-corrected chi connectivity index (χ2v) is 8.38. The molecule has 0 saturated heterocycles. The zero-order chi connectivity index (χ0) is 20.6. The summed E-state index contributed by atoms with van der Waals surface area (Å²) in [7, 11) is 0. The Bertz CT molecular complexity index is 724. The second kappa shape index (κ2) is 7.42. The molecule has 1 aromatic rings. The molecule has 150 valence electrons. The van der Waals surface area contributed by atoms with Crippen molar-refractivity contribution in [3.63, 3.8) is 0 Å². The highest BCUT2D eigenvalue weighted by Crippen LogP contribution is 2.42. The standard InChI is InChI=1S/C18H25ClN2O6/c1-10-11(19)12-14(25-9-8-24-12)20-13(10)21(15(22)26-17(2,3)4)16(23)27-18(5,6)7/h8-9H2,1-7H3. The van der Waals surface area contributed by atoms with Crippen molar-refractivity contribution in [3.05, 3.63) is 10.6 Å². The topological polar surface area (TPSA) is 87.2 Å². The number of hydrogen-bond donors (Lipinski definition) is 0. The quantitative estimate of drug-likeness (QED) is 0.686. The molecule has 0 bridgehead atoms. The third kappa shape index (κ3) is 5.15. The van der Waals surface area contributed by atoms with Crippen LogP contribution in [0.5, 0.6) is 11.6 Å². The molecule has 2 amide bonds. The lowest BCUT2D eigenvalue weighted by molar-refractivity contribution is 0.0428. The first-order chi connectivity index (χ1) is 12.3. The normalized spacial score (nSPS) is 13.8. The number of rotatable bonds is 1. The number of anilines is 1. The highest BCUT2D eigenvalue weighted by Gasteiger charge is 2.36. The summed E-state index contributed by atoms with van der Waals surface area (Å²) >= 11 is 6.36. The number of halogens is 1. The lowest BCUT2D eigenvalue weighted by Gasteiger charge is -2.29. The third-order valence-corrected chi connectivity index (χ3v) is 3.65. The minimum Gasteiger partial charge on any atom is -0.483 e. The average Bonchev–Trinajstić information content (AvgIpc) is 2.48. The molecular weight excluding hydrogens is 376 g/mol. The number of amides is 2. The van der Waals surface area contributed by atoms with Crippen LogP contribution in [-0.4, -0.2) is 41.6 Å². The van der Waals surface area contributed by atoms with Gasteiger partial charge in [0.05, 0.1) is 5.02 Å². The molecule has 0 aliphatic carbocycles. The molecule has 1 aromatic heterocycles. The van der Waals surface area contributed by atoms with E-state index in [2.05, 4.69) is 4.98 Å². The van der Waals surface area contributed by atoms with Gasteiger partial charge in [-0.25, -0.2) is 9.59 Å². The SMILES string of the molecule is Cc1c(N(C(=O)OC(C)(C)C)C(=O)OC(C)(C)C)nc2c(c1Cl)OCCO2. The van der Waals surface area contributed by atoms with Crippen LogP contribution in [0.25, 0.3) is 0 Å². The Balaban J connectivity index is 2.54. The smallest absolute Gasteiger partial charge is 0.425 e. The van der Waals surface area contributed by atoms with Crippen LogP contribution in [0.3, 0.4) is 0 Å². The molecule has 1 aliphatic rings. The highest BCUT2D eigenvalue weighted by atomic mass is 35.5. The number of carbonyl (C=O) groups excluding carboxylic acids is 2. The van der Waals surface area contributed by atoms with Crippen LogP contribution < -0.4 is 14.4 Å². The Morgan fingerprint density at radius 1 is 1.00 bits per heavy atom. The fourth-order valence-corrected chi connectivity index (χ4v) is 2.40. The zero-order valence-electron chi connectivity index (χ0n) is 16.6. The lowest BCUT2D eigenvalue weighted by Crippen LogP contribution is -2.44. The Hall–Kier alpha value is -2.22. The zero-order valence-corrected chi connectivity index (χ0v) is 17.4. The van der Waals surface area contributed by atoms with Crippen molar-refractivity contribution in [1.82, 2.24) is 4.98 Å². The van der Waals surface area contributed by atoms with Gasteiger partial charge in [0.2, 0.25) is 5.75 Å². The van der Waals surface area contributed by atoms with Crippen LogP contribution in [0.4, 0.5) is 15.4 Å². The Morgan fingerprint density at radius 3 is 1.96 bits per heavy atom. The Labute approximate surface area is 163 Å². The van der Waals surface area contributed by atoms with Gasteiger partial charge in [-0.3, -0.25) is 0 Å². The van der Waals surface area contributed by atoms with Crippen LogP contribution in [0.2, 0.25) is 5.02 Å². The predicted octanol–water partition coefficient (Wildman–Crippen LogP) is 4.49. The van der Waals surface area contributed by atoms with Crippen molar-refractivity contribution >= 4 is 29.6 Å². The molecule has 0 radical (unpaired) electrons. The number of ether oxygens (including phenoxy) is 4. The van der Waals surface area contributed by atoms with Crippen LogP contribution in [-0.2, 0) is 9.47 Å². The summed E-state index contributed by atoms with van der Waals surface area (Å²) in [6.45, 7) is 12.4. The number of aromatic nitrogens is 1. The molecule has 0 fully saturated rings. The summed E-state index contributed by atoms with van der Waals surface area (Å²) in [5.74, 6) is 0.342. The molecule has 27 heavy (non-hydrogen) atoms. The van der Waals surface area contributed by atoms with Crippen molar-refractivity contribution in [2.45, 2.75) is 59.7 Å². The van der Waals surface area contributed by atoms with E-state index < -0.39 is 23.4 Å². The maximum atomic E-state index is 12.8. The fraction of sp³-hybridized carbons (Fsp3) is 0.611. The molecule has 0 unspecified atom stereocenters.